The standard InChI is InChI=1S/C12H13BrF3NO2S/c1-11(2,3)20(19)17-6-7-4-8(12(14,15)16)9(13)5-10(7)18/h4-6,18H,1-3H3/b17-6+. The molecule has 0 saturated carbocycles. The Balaban J connectivity index is 3.17. The van der Waals surface area contributed by atoms with Gasteiger partial charge in [-0.25, -0.2) is 0 Å². The van der Waals surface area contributed by atoms with E-state index in [-0.39, 0.29) is 15.8 Å². The molecule has 1 aromatic carbocycles. The lowest BCUT2D eigenvalue weighted by molar-refractivity contribution is -0.138. The zero-order valence-corrected chi connectivity index (χ0v) is 13.4. The van der Waals surface area contributed by atoms with Crippen molar-refractivity contribution < 1.29 is 22.8 Å². The van der Waals surface area contributed by atoms with Gasteiger partial charge in [0.1, 0.15) is 21.9 Å². The Morgan fingerprint density at radius 3 is 2.30 bits per heavy atom. The molecule has 1 atom stereocenters. The van der Waals surface area contributed by atoms with E-state index in [9.17, 15) is 22.8 Å². The van der Waals surface area contributed by atoms with Crippen LogP contribution < -0.4 is 0 Å². The van der Waals surface area contributed by atoms with Crippen molar-refractivity contribution in [3.8, 4) is 5.75 Å². The molecular weight excluding hydrogens is 359 g/mol. The van der Waals surface area contributed by atoms with Gasteiger partial charge in [-0.15, -0.1) is 0 Å². The highest BCUT2D eigenvalue weighted by molar-refractivity contribution is 9.10. The first-order valence-corrected chi connectivity index (χ1v) is 7.38. The summed E-state index contributed by atoms with van der Waals surface area (Å²) >= 11 is 1.13. The number of aromatic hydroxyl groups is 1. The lowest BCUT2D eigenvalue weighted by Gasteiger charge is -2.18. The molecule has 0 aliphatic heterocycles. The number of phenolic OH excluding ortho intramolecular Hbond substituents is 1. The van der Waals surface area contributed by atoms with E-state index in [2.05, 4.69) is 20.3 Å². The van der Waals surface area contributed by atoms with Gasteiger partial charge in [0.25, 0.3) is 0 Å². The minimum absolute atomic E-state index is 0.141. The maximum absolute atomic E-state index is 12.7. The number of hydrogen-bond acceptors (Lipinski definition) is 3. The minimum Gasteiger partial charge on any atom is -0.591 e. The Morgan fingerprint density at radius 2 is 1.85 bits per heavy atom. The molecule has 0 spiro atoms. The van der Waals surface area contributed by atoms with E-state index in [4.69, 9.17) is 0 Å². The highest BCUT2D eigenvalue weighted by Gasteiger charge is 2.34. The van der Waals surface area contributed by atoms with Crippen molar-refractivity contribution in [1.29, 1.82) is 0 Å². The van der Waals surface area contributed by atoms with Gasteiger partial charge in [-0.3, -0.25) is 0 Å². The molecule has 0 aromatic heterocycles. The summed E-state index contributed by atoms with van der Waals surface area (Å²) in [4.78, 5) is 0. The Labute approximate surface area is 126 Å². The molecule has 3 nitrogen and oxygen atoms in total. The molecule has 0 fully saturated rings. The molecule has 20 heavy (non-hydrogen) atoms. The second-order valence-electron chi connectivity index (χ2n) is 4.98. The number of nitrogens with zero attached hydrogens (tertiary/aromatic N) is 1. The molecule has 112 valence electrons. The predicted molar refractivity (Wildman–Crippen MR) is 76.3 cm³/mol. The van der Waals surface area contributed by atoms with E-state index in [1.54, 1.807) is 20.8 Å². The van der Waals surface area contributed by atoms with Crippen LogP contribution in [0.1, 0.15) is 31.9 Å². The quantitative estimate of drug-likeness (QED) is 0.629. The predicted octanol–water partition coefficient (Wildman–Crippen LogP) is 4.05. The number of benzene rings is 1. The Hall–Kier alpha value is -0.730. The van der Waals surface area contributed by atoms with Crippen molar-refractivity contribution in [2.45, 2.75) is 31.7 Å². The third-order valence-electron chi connectivity index (χ3n) is 2.23. The maximum atomic E-state index is 12.7. The number of phenols is 1. The molecule has 8 heteroatoms. The van der Waals surface area contributed by atoms with Gasteiger partial charge in [-0.1, -0.05) is 20.3 Å². The first-order valence-electron chi connectivity index (χ1n) is 5.48. The summed E-state index contributed by atoms with van der Waals surface area (Å²) in [5.74, 6) is -0.375. The lowest BCUT2D eigenvalue weighted by atomic mass is 10.1. The van der Waals surface area contributed by atoms with Gasteiger partial charge >= 0.3 is 6.18 Å². The fraction of sp³-hybridized carbons (Fsp3) is 0.417. The number of halogens is 4. The van der Waals surface area contributed by atoms with Gasteiger partial charge < -0.3 is 9.66 Å². The Morgan fingerprint density at radius 1 is 1.30 bits per heavy atom. The summed E-state index contributed by atoms with van der Waals surface area (Å²) in [5.41, 5.74) is -1.07. The van der Waals surface area contributed by atoms with Gasteiger partial charge in [-0.2, -0.15) is 13.2 Å². The van der Waals surface area contributed by atoms with Crippen LogP contribution in [-0.4, -0.2) is 20.6 Å². The second-order valence-corrected chi connectivity index (χ2v) is 7.77. The summed E-state index contributed by atoms with van der Waals surface area (Å²) in [5, 5.41) is 9.61. The van der Waals surface area contributed by atoms with Gasteiger partial charge in [0.15, 0.2) is 0 Å². The van der Waals surface area contributed by atoms with E-state index in [0.29, 0.717) is 0 Å². The van der Waals surface area contributed by atoms with Crippen LogP contribution in [0.2, 0.25) is 0 Å². The van der Waals surface area contributed by atoms with Crippen LogP contribution in [0.5, 0.6) is 5.75 Å². The third-order valence-corrected chi connectivity index (χ3v) is 4.23. The third kappa shape index (κ3) is 4.39. The van der Waals surface area contributed by atoms with E-state index in [1.807, 2.05) is 0 Å². The smallest absolute Gasteiger partial charge is 0.417 e. The summed E-state index contributed by atoms with van der Waals surface area (Å²) in [6.07, 6.45) is -3.57. The molecule has 0 amide bonds. The van der Waals surface area contributed by atoms with Gasteiger partial charge in [0.05, 0.1) is 11.8 Å². The van der Waals surface area contributed by atoms with Crippen LogP contribution in [-0.2, 0) is 17.5 Å². The number of hydrogen-bond donors (Lipinski definition) is 1. The first-order chi connectivity index (χ1) is 8.93. The fourth-order valence-corrected chi connectivity index (χ4v) is 2.24. The van der Waals surface area contributed by atoms with Crippen LogP contribution in [0.4, 0.5) is 13.2 Å². The molecule has 0 radical (unpaired) electrons. The van der Waals surface area contributed by atoms with Crippen molar-refractivity contribution in [1.82, 2.24) is 0 Å². The van der Waals surface area contributed by atoms with Gasteiger partial charge in [-0.05, 0) is 32.9 Å². The van der Waals surface area contributed by atoms with E-state index < -0.39 is 27.8 Å². The van der Waals surface area contributed by atoms with Gasteiger partial charge in [0, 0.05) is 10.0 Å². The maximum Gasteiger partial charge on any atom is 0.417 e. The zero-order chi connectivity index (χ0) is 15.7. The topological polar surface area (TPSA) is 55.7 Å². The minimum atomic E-state index is -4.56. The molecule has 1 unspecified atom stereocenters. The lowest BCUT2D eigenvalue weighted by Crippen LogP contribution is -2.25. The van der Waals surface area contributed by atoms with Crippen LogP contribution in [0.3, 0.4) is 0 Å². The molecule has 1 N–H and O–H groups in total. The van der Waals surface area contributed by atoms with Crippen molar-refractivity contribution >= 4 is 33.5 Å². The second kappa shape index (κ2) is 5.95. The number of rotatable bonds is 2. The molecule has 1 rings (SSSR count). The van der Waals surface area contributed by atoms with E-state index in [0.717, 1.165) is 18.3 Å². The van der Waals surface area contributed by atoms with Crippen molar-refractivity contribution in [3.63, 3.8) is 0 Å². The highest BCUT2D eigenvalue weighted by atomic mass is 79.9. The Bertz CT molecular complexity index is 527. The first kappa shape index (κ1) is 17.3. The molecular formula is C12H13BrF3NO2S. The molecule has 0 bridgehead atoms. The molecule has 0 heterocycles. The molecule has 0 saturated heterocycles. The number of alkyl halides is 3. The normalized spacial score (nSPS) is 14.8. The summed E-state index contributed by atoms with van der Waals surface area (Å²) in [6.45, 7) is 5.05. The largest absolute Gasteiger partial charge is 0.591 e. The Kier molecular flexibility index (Phi) is 5.15. The van der Waals surface area contributed by atoms with E-state index >= 15 is 0 Å². The molecule has 1 aromatic rings. The highest BCUT2D eigenvalue weighted by Crippen LogP contribution is 2.37. The summed E-state index contributed by atoms with van der Waals surface area (Å²) in [7, 11) is 0. The zero-order valence-electron chi connectivity index (χ0n) is 11.0. The van der Waals surface area contributed by atoms with Crippen molar-refractivity contribution in [3.05, 3.63) is 27.7 Å². The van der Waals surface area contributed by atoms with Crippen LogP contribution in [0, 0.1) is 0 Å². The van der Waals surface area contributed by atoms with Crippen LogP contribution >= 0.6 is 15.9 Å². The average molecular weight is 372 g/mol. The fourth-order valence-electron chi connectivity index (χ4n) is 1.16. The average Bonchev–Trinajstić information content (AvgIpc) is 2.24. The van der Waals surface area contributed by atoms with Crippen molar-refractivity contribution in [2.75, 3.05) is 0 Å². The molecule has 0 aliphatic carbocycles. The monoisotopic (exact) mass is 371 g/mol. The SMILES string of the molecule is CC(C)(C)[S+]([O-])/N=C/c1cc(C(F)(F)F)c(Br)cc1O. The summed E-state index contributed by atoms with van der Waals surface area (Å²) in [6, 6.07) is 1.69. The van der Waals surface area contributed by atoms with Crippen LogP contribution in [0.15, 0.2) is 21.0 Å². The van der Waals surface area contributed by atoms with Crippen LogP contribution in [0.25, 0.3) is 0 Å². The van der Waals surface area contributed by atoms with Gasteiger partial charge in [0.2, 0.25) is 0 Å². The summed E-state index contributed by atoms with van der Waals surface area (Å²) < 4.78 is 52.7. The van der Waals surface area contributed by atoms with E-state index in [1.165, 1.54) is 0 Å². The molecule has 0 aliphatic rings. The van der Waals surface area contributed by atoms with Crippen molar-refractivity contribution in [2.24, 2.45) is 4.40 Å².